The van der Waals surface area contributed by atoms with Crippen LogP contribution in [-0.4, -0.2) is 5.26 Å². The highest BCUT2D eigenvalue weighted by molar-refractivity contribution is 5.51. The van der Waals surface area contributed by atoms with Crippen LogP contribution in [0.25, 0.3) is 0 Å². The SMILES string of the molecule is Cc1cccc(NOO)c1C. The van der Waals surface area contributed by atoms with Gasteiger partial charge in [-0.15, -0.1) is 4.99 Å². The molecule has 1 rings (SSSR count). The largest absolute Gasteiger partial charge is 0.235 e. The molecule has 2 N–H and O–H groups in total. The predicted octanol–water partition coefficient (Wildman–Crippen LogP) is 2.12. The maximum absolute atomic E-state index is 8.12. The number of rotatable bonds is 2. The van der Waals surface area contributed by atoms with Crippen molar-refractivity contribution in [1.29, 1.82) is 0 Å². The van der Waals surface area contributed by atoms with E-state index < -0.39 is 0 Å². The Balaban J connectivity index is 2.96. The first-order chi connectivity index (χ1) is 5.25. The molecular formula is C8H11NO2. The molecule has 0 aliphatic heterocycles. The molecule has 0 fully saturated rings. The highest BCUT2D eigenvalue weighted by Crippen LogP contribution is 2.17. The van der Waals surface area contributed by atoms with Crippen molar-refractivity contribution in [2.75, 3.05) is 5.48 Å². The van der Waals surface area contributed by atoms with Gasteiger partial charge < -0.3 is 0 Å². The van der Waals surface area contributed by atoms with Crippen LogP contribution < -0.4 is 5.48 Å². The normalized spacial score (nSPS) is 9.73. The van der Waals surface area contributed by atoms with Crippen LogP contribution in [0.5, 0.6) is 0 Å². The maximum atomic E-state index is 8.12. The highest BCUT2D eigenvalue weighted by Gasteiger charge is 1.98. The van der Waals surface area contributed by atoms with Gasteiger partial charge in [-0.05, 0) is 31.0 Å². The van der Waals surface area contributed by atoms with E-state index in [-0.39, 0.29) is 0 Å². The van der Waals surface area contributed by atoms with Crippen LogP contribution in [0.15, 0.2) is 18.2 Å². The first kappa shape index (κ1) is 8.04. The van der Waals surface area contributed by atoms with E-state index in [0.29, 0.717) is 0 Å². The molecule has 0 amide bonds. The summed E-state index contributed by atoms with van der Waals surface area (Å²) in [5.74, 6) is 0. The monoisotopic (exact) mass is 153 g/mol. The summed E-state index contributed by atoms with van der Waals surface area (Å²) in [6, 6.07) is 5.72. The van der Waals surface area contributed by atoms with E-state index in [2.05, 4.69) is 10.5 Å². The van der Waals surface area contributed by atoms with Gasteiger partial charge in [0.15, 0.2) is 0 Å². The van der Waals surface area contributed by atoms with Crippen molar-refractivity contribution >= 4 is 5.69 Å². The van der Waals surface area contributed by atoms with Crippen molar-refractivity contribution in [2.45, 2.75) is 13.8 Å². The molecule has 3 heteroatoms. The number of aryl methyl sites for hydroxylation is 1. The van der Waals surface area contributed by atoms with Gasteiger partial charge in [-0.3, -0.25) is 0 Å². The molecule has 1 aromatic carbocycles. The second-order valence-electron chi connectivity index (χ2n) is 2.44. The zero-order chi connectivity index (χ0) is 8.27. The standard InChI is InChI=1S/C8H11NO2/c1-6-4-3-5-8(7(6)2)9-11-10/h3-5,9-10H,1-2H3. The van der Waals surface area contributed by atoms with E-state index in [0.717, 1.165) is 16.8 Å². The minimum absolute atomic E-state index is 0.785. The summed E-state index contributed by atoms with van der Waals surface area (Å²) in [5, 5.41) is 8.12. The third kappa shape index (κ3) is 1.69. The lowest BCUT2D eigenvalue weighted by molar-refractivity contribution is -0.215. The molecule has 0 saturated carbocycles. The Hall–Kier alpha value is -1.06. The molecule has 0 unspecified atom stereocenters. The van der Waals surface area contributed by atoms with Crippen molar-refractivity contribution in [3.63, 3.8) is 0 Å². The molecule has 0 aliphatic carbocycles. The average Bonchev–Trinajstić information content (AvgIpc) is 1.99. The molecule has 0 heterocycles. The van der Waals surface area contributed by atoms with E-state index in [1.54, 1.807) is 0 Å². The number of hydrogen-bond donors (Lipinski definition) is 2. The molecule has 1 aromatic rings. The van der Waals surface area contributed by atoms with Gasteiger partial charge in [0.1, 0.15) is 0 Å². The van der Waals surface area contributed by atoms with Gasteiger partial charge >= 0.3 is 0 Å². The van der Waals surface area contributed by atoms with E-state index >= 15 is 0 Å². The van der Waals surface area contributed by atoms with Crippen LogP contribution in [0.3, 0.4) is 0 Å². The molecule has 0 aromatic heterocycles. The lowest BCUT2D eigenvalue weighted by Crippen LogP contribution is -1.98. The van der Waals surface area contributed by atoms with Gasteiger partial charge in [0.25, 0.3) is 0 Å². The minimum atomic E-state index is 0.785. The fourth-order valence-corrected chi connectivity index (χ4v) is 0.911. The average molecular weight is 153 g/mol. The fraction of sp³-hybridized carbons (Fsp3) is 0.250. The molecule has 11 heavy (non-hydrogen) atoms. The first-order valence-electron chi connectivity index (χ1n) is 3.38. The number of anilines is 1. The zero-order valence-corrected chi connectivity index (χ0v) is 6.59. The summed E-state index contributed by atoms with van der Waals surface area (Å²) in [7, 11) is 0. The Kier molecular flexibility index (Phi) is 2.46. The van der Waals surface area contributed by atoms with Crippen LogP contribution in [0.4, 0.5) is 5.69 Å². The number of hydrogen-bond acceptors (Lipinski definition) is 3. The van der Waals surface area contributed by atoms with Gasteiger partial charge in [0, 0.05) is 0 Å². The van der Waals surface area contributed by atoms with Crippen LogP contribution in [0.2, 0.25) is 0 Å². The zero-order valence-electron chi connectivity index (χ0n) is 6.59. The Bertz CT molecular complexity index is 248. The highest BCUT2D eigenvalue weighted by atomic mass is 17.2. The summed E-state index contributed by atoms with van der Waals surface area (Å²) < 4.78 is 0. The van der Waals surface area contributed by atoms with E-state index in [1.165, 1.54) is 0 Å². The molecule has 0 spiro atoms. The van der Waals surface area contributed by atoms with Crippen molar-refractivity contribution < 1.29 is 10.2 Å². The summed E-state index contributed by atoms with van der Waals surface area (Å²) >= 11 is 0. The van der Waals surface area contributed by atoms with E-state index in [1.807, 2.05) is 32.0 Å². The molecule has 60 valence electrons. The second kappa shape index (κ2) is 3.37. The van der Waals surface area contributed by atoms with Gasteiger partial charge in [-0.1, -0.05) is 12.1 Å². The number of benzene rings is 1. The third-order valence-corrected chi connectivity index (χ3v) is 1.76. The van der Waals surface area contributed by atoms with Crippen LogP contribution in [0, 0.1) is 13.8 Å². The smallest absolute Gasteiger partial charge is 0.0666 e. The summed E-state index contributed by atoms with van der Waals surface area (Å²) in [4.78, 5) is 3.81. The quantitative estimate of drug-likeness (QED) is 0.505. The number of nitrogens with one attached hydrogen (secondary N) is 1. The van der Waals surface area contributed by atoms with Gasteiger partial charge in [-0.25, -0.2) is 10.7 Å². The summed E-state index contributed by atoms with van der Waals surface area (Å²) in [6.45, 7) is 3.95. The molecule has 0 bridgehead atoms. The predicted molar refractivity (Wildman–Crippen MR) is 43.3 cm³/mol. The van der Waals surface area contributed by atoms with Crippen molar-refractivity contribution in [3.8, 4) is 0 Å². The molecule has 3 nitrogen and oxygen atoms in total. The van der Waals surface area contributed by atoms with E-state index in [4.69, 9.17) is 5.26 Å². The summed E-state index contributed by atoms with van der Waals surface area (Å²) in [5.41, 5.74) is 5.39. The van der Waals surface area contributed by atoms with Gasteiger partial charge in [0.2, 0.25) is 0 Å². The van der Waals surface area contributed by atoms with E-state index in [9.17, 15) is 0 Å². The summed E-state index contributed by atoms with van der Waals surface area (Å²) in [6.07, 6.45) is 0. The van der Waals surface area contributed by atoms with Crippen LogP contribution in [0.1, 0.15) is 11.1 Å². The Morgan fingerprint density at radius 1 is 1.36 bits per heavy atom. The van der Waals surface area contributed by atoms with Crippen molar-refractivity contribution in [3.05, 3.63) is 29.3 Å². The topological polar surface area (TPSA) is 41.5 Å². The van der Waals surface area contributed by atoms with Gasteiger partial charge in [0.05, 0.1) is 5.69 Å². The van der Waals surface area contributed by atoms with Crippen molar-refractivity contribution in [2.24, 2.45) is 0 Å². The third-order valence-electron chi connectivity index (χ3n) is 1.76. The van der Waals surface area contributed by atoms with Crippen molar-refractivity contribution in [1.82, 2.24) is 0 Å². The van der Waals surface area contributed by atoms with Crippen LogP contribution >= 0.6 is 0 Å². The lowest BCUT2D eigenvalue weighted by atomic mass is 10.1. The minimum Gasteiger partial charge on any atom is -0.235 e. The molecular weight excluding hydrogens is 142 g/mol. The Morgan fingerprint density at radius 3 is 2.73 bits per heavy atom. The maximum Gasteiger partial charge on any atom is 0.0666 e. The second-order valence-corrected chi connectivity index (χ2v) is 2.44. The Morgan fingerprint density at radius 2 is 2.09 bits per heavy atom. The molecule has 0 atom stereocenters. The van der Waals surface area contributed by atoms with Crippen LogP contribution in [-0.2, 0) is 4.99 Å². The molecule has 0 saturated heterocycles. The Labute approximate surface area is 65.5 Å². The lowest BCUT2D eigenvalue weighted by Gasteiger charge is -2.06. The molecule has 0 radical (unpaired) electrons. The first-order valence-corrected chi connectivity index (χ1v) is 3.38. The molecule has 0 aliphatic rings. The fourth-order valence-electron chi connectivity index (χ4n) is 0.911. The van der Waals surface area contributed by atoms with Gasteiger partial charge in [-0.2, -0.15) is 0 Å².